The Morgan fingerprint density at radius 2 is 1.94 bits per heavy atom. The van der Waals surface area contributed by atoms with Crippen molar-refractivity contribution in [3.05, 3.63) is 59.5 Å². The number of benzene rings is 1. The molecule has 0 radical (unpaired) electrons. The Morgan fingerprint density at radius 3 is 2.61 bits per heavy atom. The van der Waals surface area contributed by atoms with Crippen LogP contribution < -0.4 is 5.32 Å². The van der Waals surface area contributed by atoms with Gasteiger partial charge < -0.3 is 10.4 Å². The van der Waals surface area contributed by atoms with Gasteiger partial charge in [-0.1, -0.05) is 6.07 Å². The Bertz CT molecular complexity index is 555. The van der Waals surface area contributed by atoms with Crippen molar-refractivity contribution in [3.63, 3.8) is 0 Å². The number of aromatic nitrogens is 1. The fraction of sp³-hybridized carbons (Fsp3) is 0.0769. The summed E-state index contributed by atoms with van der Waals surface area (Å²) in [6, 6.07) is 10.1. The van der Waals surface area contributed by atoms with E-state index in [9.17, 15) is 9.18 Å². The Morgan fingerprint density at radius 1 is 1.22 bits per heavy atom. The standard InChI is InChI=1S/C13H11FN2O2/c14-10-6-4-9(5-7-10)13(18)16-12-3-1-2-11(8-17)15-12/h1-7,17H,8H2,(H,15,16,18). The van der Waals surface area contributed by atoms with Crippen molar-refractivity contribution in [1.29, 1.82) is 0 Å². The molecule has 0 spiro atoms. The van der Waals surface area contributed by atoms with E-state index in [1.165, 1.54) is 24.3 Å². The van der Waals surface area contributed by atoms with Crippen LogP contribution in [0.1, 0.15) is 16.1 Å². The van der Waals surface area contributed by atoms with Crippen LogP contribution >= 0.6 is 0 Å². The smallest absolute Gasteiger partial charge is 0.256 e. The van der Waals surface area contributed by atoms with E-state index in [1.807, 2.05) is 0 Å². The van der Waals surface area contributed by atoms with Gasteiger partial charge in [0.05, 0.1) is 12.3 Å². The Kier molecular flexibility index (Phi) is 3.64. The zero-order chi connectivity index (χ0) is 13.0. The van der Waals surface area contributed by atoms with Crippen LogP contribution in [0.2, 0.25) is 0 Å². The normalized spacial score (nSPS) is 10.1. The lowest BCUT2D eigenvalue weighted by molar-refractivity contribution is 0.102. The molecule has 1 aromatic heterocycles. The maximum Gasteiger partial charge on any atom is 0.256 e. The van der Waals surface area contributed by atoms with Crippen LogP contribution in [0.4, 0.5) is 10.2 Å². The number of hydrogen-bond donors (Lipinski definition) is 2. The zero-order valence-corrected chi connectivity index (χ0v) is 9.43. The van der Waals surface area contributed by atoms with Gasteiger partial charge in [0, 0.05) is 5.56 Å². The highest BCUT2D eigenvalue weighted by atomic mass is 19.1. The molecular weight excluding hydrogens is 235 g/mol. The van der Waals surface area contributed by atoms with Crippen LogP contribution in [-0.2, 0) is 6.61 Å². The van der Waals surface area contributed by atoms with Gasteiger partial charge in [0.1, 0.15) is 11.6 Å². The highest BCUT2D eigenvalue weighted by Crippen LogP contribution is 2.08. The van der Waals surface area contributed by atoms with Crippen LogP contribution in [0.5, 0.6) is 0 Å². The van der Waals surface area contributed by atoms with E-state index in [0.717, 1.165) is 0 Å². The lowest BCUT2D eigenvalue weighted by atomic mass is 10.2. The number of pyridine rings is 1. The minimum atomic E-state index is -0.396. The molecule has 0 aliphatic heterocycles. The number of hydrogen-bond acceptors (Lipinski definition) is 3. The minimum absolute atomic E-state index is 0.194. The van der Waals surface area contributed by atoms with E-state index in [2.05, 4.69) is 10.3 Å². The monoisotopic (exact) mass is 246 g/mol. The summed E-state index contributed by atoms with van der Waals surface area (Å²) in [6.07, 6.45) is 0. The van der Waals surface area contributed by atoms with Gasteiger partial charge in [0.2, 0.25) is 0 Å². The van der Waals surface area contributed by atoms with E-state index in [-0.39, 0.29) is 12.5 Å². The van der Waals surface area contributed by atoms with E-state index in [0.29, 0.717) is 17.1 Å². The summed E-state index contributed by atoms with van der Waals surface area (Å²) in [5, 5.41) is 11.5. The largest absolute Gasteiger partial charge is 0.390 e. The van der Waals surface area contributed by atoms with Gasteiger partial charge in [0.15, 0.2) is 0 Å². The molecule has 2 rings (SSSR count). The number of halogens is 1. The first-order valence-electron chi connectivity index (χ1n) is 5.33. The summed E-state index contributed by atoms with van der Waals surface area (Å²) >= 11 is 0. The Hall–Kier alpha value is -2.27. The van der Waals surface area contributed by atoms with Gasteiger partial charge in [-0.3, -0.25) is 4.79 Å². The van der Waals surface area contributed by atoms with E-state index in [1.54, 1.807) is 18.2 Å². The fourth-order valence-electron chi connectivity index (χ4n) is 1.43. The van der Waals surface area contributed by atoms with Crippen molar-refractivity contribution in [2.75, 3.05) is 5.32 Å². The van der Waals surface area contributed by atoms with Crippen molar-refractivity contribution >= 4 is 11.7 Å². The topological polar surface area (TPSA) is 62.2 Å². The molecule has 0 unspecified atom stereocenters. The predicted octanol–water partition coefficient (Wildman–Crippen LogP) is 1.97. The number of nitrogens with one attached hydrogen (secondary N) is 1. The average molecular weight is 246 g/mol. The molecule has 0 saturated carbocycles. The molecule has 1 amide bonds. The fourth-order valence-corrected chi connectivity index (χ4v) is 1.43. The molecule has 0 atom stereocenters. The van der Waals surface area contributed by atoms with Crippen LogP contribution in [0.3, 0.4) is 0 Å². The van der Waals surface area contributed by atoms with E-state index >= 15 is 0 Å². The van der Waals surface area contributed by atoms with Crippen LogP contribution in [0, 0.1) is 5.82 Å². The second kappa shape index (κ2) is 5.37. The highest BCUT2D eigenvalue weighted by Gasteiger charge is 2.07. The molecule has 1 aromatic carbocycles. The minimum Gasteiger partial charge on any atom is -0.390 e. The van der Waals surface area contributed by atoms with Crippen LogP contribution in [0.15, 0.2) is 42.5 Å². The van der Waals surface area contributed by atoms with E-state index < -0.39 is 5.82 Å². The van der Waals surface area contributed by atoms with Crippen molar-refractivity contribution in [2.24, 2.45) is 0 Å². The first kappa shape index (κ1) is 12.2. The molecular formula is C13H11FN2O2. The van der Waals surface area contributed by atoms with Crippen molar-refractivity contribution in [2.45, 2.75) is 6.61 Å². The molecule has 2 aromatic rings. The third-order valence-electron chi connectivity index (χ3n) is 2.32. The average Bonchev–Trinajstić information content (AvgIpc) is 2.39. The number of anilines is 1. The summed E-state index contributed by atoms with van der Waals surface area (Å²) in [5.41, 5.74) is 0.805. The third-order valence-corrected chi connectivity index (χ3v) is 2.32. The molecule has 1 heterocycles. The number of amides is 1. The lowest BCUT2D eigenvalue weighted by Gasteiger charge is -2.05. The quantitative estimate of drug-likeness (QED) is 0.870. The van der Waals surface area contributed by atoms with Crippen molar-refractivity contribution in [3.8, 4) is 0 Å². The number of nitrogens with zero attached hydrogens (tertiary/aromatic N) is 1. The number of aliphatic hydroxyl groups is 1. The SMILES string of the molecule is O=C(Nc1cccc(CO)n1)c1ccc(F)cc1. The molecule has 0 saturated heterocycles. The summed E-state index contributed by atoms with van der Waals surface area (Å²) in [4.78, 5) is 15.8. The predicted molar refractivity (Wildman–Crippen MR) is 64.5 cm³/mol. The second-order valence-corrected chi connectivity index (χ2v) is 3.63. The van der Waals surface area contributed by atoms with Gasteiger partial charge in [-0.25, -0.2) is 9.37 Å². The maximum atomic E-state index is 12.7. The first-order valence-corrected chi connectivity index (χ1v) is 5.33. The highest BCUT2D eigenvalue weighted by molar-refractivity contribution is 6.03. The Balaban J connectivity index is 2.13. The van der Waals surface area contributed by atoms with Crippen molar-refractivity contribution in [1.82, 2.24) is 4.98 Å². The molecule has 0 bridgehead atoms. The van der Waals surface area contributed by atoms with Crippen LogP contribution in [0.25, 0.3) is 0 Å². The van der Waals surface area contributed by atoms with Gasteiger partial charge in [0.25, 0.3) is 5.91 Å². The molecule has 5 heteroatoms. The lowest BCUT2D eigenvalue weighted by Crippen LogP contribution is -2.13. The second-order valence-electron chi connectivity index (χ2n) is 3.63. The molecule has 0 aliphatic carbocycles. The molecule has 2 N–H and O–H groups in total. The third kappa shape index (κ3) is 2.89. The summed E-state index contributed by atoms with van der Waals surface area (Å²) in [5.74, 6) is -0.430. The van der Waals surface area contributed by atoms with Gasteiger partial charge in [-0.2, -0.15) is 0 Å². The summed E-state index contributed by atoms with van der Waals surface area (Å²) in [6.45, 7) is -0.194. The first-order chi connectivity index (χ1) is 8.69. The summed E-state index contributed by atoms with van der Waals surface area (Å²) < 4.78 is 12.7. The maximum absolute atomic E-state index is 12.7. The molecule has 0 fully saturated rings. The van der Waals surface area contributed by atoms with Gasteiger partial charge in [-0.15, -0.1) is 0 Å². The molecule has 0 aliphatic rings. The van der Waals surface area contributed by atoms with Gasteiger partial charge in [-0.05, 0) is 36.4 Å². The molecule has 92 valence electrons. The van der Waals surface area contributed by atoms with Crippen LogP contribution in [-0.4, -0.2) is 16.0 Å². The number of rotatable bonds is 3. The van der Waals surface area contributed by atoms with Gasteiger partial charge >= 0.3 is 0 Å². The molecule has 18 heavy (non-hydrogen) atoms. The Labute approximate surface area is 103 Å². The van der Waals surface area contributed by atoms with E-state index in [4.69, 9.17) is 5.11 Å². The zero-order valence-electron chi connectivity index (χ0n) is 9.43. The number of carbonyl (C=O) groups is 1. The number of aliphatic hydroxyl groups excluding tert-OH is 1. The van der Waals surface area contributed by atoms with Crippen molar-refractivity contribution < 1.29 is 14.3 Å². The number of carbonyl (C=O) groups excluding carboxylic acids is 1. The molecule has 4 nitrogen and oxygen atoms in total. The summed E-state index contributed by atoms with van der Waals surface area (Å²) in [7, 11) is 0.